The molecule has 7 heteroatoms. The van der Waals surface area contributed by atoms with Crippen molar-refractivity contribution in [3.05, 3.63) is 35.1 Å². The van der Waals surface area contributed by atoms with Crippen LogP contribution in [0.1, 0.15) is 30.0 Å². The molecule has 1 N–H and O–H groups in total. The summed E-state index contributed by atoms with van der Waals surface area (Å²) in [6.07, 6.45) is -3.05. The van der Waals surface area contributed by atoms with Crippen LogP contribution in [0.3, 0.4) is 0 Å². The largest absolute Gasteiger partial charge is 0.419 e. The number of benzene rings is 1. The SMILES string of the molecule is Fc1ccc([C@H](C2CCOCC2)N2CCNCC2)cc1C(F)(F)F. The minimum Gasteiger partial charge on any atom is -0.381 e. The number of nitrogens with one attached hydrogen (secondary N) is 1. The molecule has 0 aromatic heterocycles. The van der Waals surface area contributed by atoms with Crippen LogP contribution in [0.15, 0.2) is 18.2 Å². The third kappa shape index (κ3) is 3.90. The lowest BCUT2D eigenvalue weighted by atomic mass is 9.85. The molecule has 24 heavy (non-hydrogen) atoms. The van der Waals surface area contributed by atoms with Gasteiger partial charge in [0.1, 0.15) is 5.82 Å². The van der Waals surface area contributed by atoms with Crippen LogP contribution in [0.4, 0.5) is 17.6 Å². The standard InChI is InChI=1S/C17H22F4N2O/c18-15-2-1-13(11-14(15)17(19,20)21)16(12-3-9-24-10-4-12)23-7-5-22-6-8-23/h1-2,11-12,16,22H,3-10H2/t16-/m0/s1. The maximum Gasteiger partial charge on any atom is 0.419 e. The number of alkyl halides is 3. The van der Waals surface area contributed by atoms with Gasteiger partial charge in [-0.25, -0.2) is 4.39 Å². The van der Waals surface area contributed by atoms with Crippen LogP contribution in [-0.2, 0) is 10.9 Å². The molecule has 2 saturated heterocycles. The molecule has 0 amide bonds. The van der Waals surface area contributed by atoms with Gasteiger partial charge in [-0.1, -0.05) is 6.07 Å². The Morgan fingerprint density at radius 1 is 1.12 bits per heavy atom. The molecule has 0 spiro atoms. The van der Waals surface area contributed by atoms with Gasteiger partial charge in [0.05, 0.1) is 5.56 Å². The Labute approximate surface area is 139 Å². The molecule has 2 heterocycles. The second-order valence-electron chi connectivity index (χ2n) is 6.42. The van der Waals surface area contributed by atoms with Crippen LogP contribution >= 0.6 is 0 Å². The van der Waals surface area contributed by atoms with Gasteiger partial charge in [0, 0.05) is 45.4 Å². The Morgan fingerprint density at radius 3 is 2.42 bits per heavy atom. The third-order valence-electron chi connectivity index (χ3n) is 4.89. The number of nitrogens with zero attached hydrogens (tertiary/aromatic N) is 1. The van der Waals surface area contributed by atoms with Gasteiger partial charge in [0.25, 0.3) is 0 Å². The van der Waals surface area contributed by atoms with Crippen LogP contribution in [0.25, 0.3) is 0 Å². The van der Waals surface area contributed by atoms with E-state index in [9.17, 15) is 17.6 Å². The van der Waals surface area contributed by atoms with Gasteiger partial charge in [-0.3, -0.25) is 4.90 Å². The molecule has 1 aromatic rings. The summed E-state index contributed by atoms with van der Waals surface area (Å²) in [4.78, 5) is 2.22. The number of halogens is 4. The first kappa shape index (κ1) is 17.6. The van der Waals surface area contributed by atoms with Crippen molar-refractivity contribution in [1.29, 1.82) is 0 Å². The van der Waals surface area contributed by atoms with E-state index in [1.54, 1.807) is 0 Å². The van der Waals surface area contributed by atoms with Crippen molar-refractivity contribution in [1.82, 2.24) is 10.2 Å². The number of piperazine rings is 1. The molecule has 1 aromatic carbocycles. The highest BCUT2D eigenvalue weighted by atomic mass is 19.4. The molecule has 1 atom stereocenters. The minimum absolute atomic E-state index is 0.127. The summed E-state index contributed by atoms with van der Waals surface area (Å²) in [7, 11) is 0. The van der Waals surface area contributed by atoms with Crippen LogP contribution in [-0.4, -0.2) is 44.3 Å². The van der Waals surface area contributed by atoms with Gasteiger partial charge >= 0.3 is 6.18 Å². The monoisotopic (exact) mass is 346 g/mol. The van der Waals surface area contributed by atoms with E-state index >= 15 is 0 Å². The lowest BCUT2D eigenvalue weighted by Gasteiger charge is -2.41. The predicted octanol–water partition coefficient (Wildman–Crippen LogP) is 3.22. The summed E-state index contributed by atoms with van der Waals surface area (Å²) in [6.45, 7) is 4.43. The topological polar surface area (TPSA) is 24.5 Å². The summed E-state index contributed by atoms with van der Waals surface area (Å²) < 4.78 is 58.3. The van der Waals surface area contributed by atoms with Gasteiger partial charge in [0.2, 0.25) is 0 Å². The third-order valence-corrected chi connectivity index (χ3v) is 4.89. The van der Waals surface area contributed by atoms with Gasteiger partial charge in [-0.15, -0.1) is 0 Å². The summed E-state index contributed by atoms with van der Waals surface area (Å²) in [5.41, 5.74) is -0.621. The van der Waals surface area contributed by atoms with Gasteiger partial charge < -0.3 is 10.1 Å². The highest BCUT2D eigenvalue weighted by molar-refractivity contribution is 5.30. The van der Waals surface area contributed by atoms with Crippen molar-refractivity contribution in [2.45, 2.75) is 25.1 Å². The van der Waals surface area contributed by atoms with Crippen LogP contribution in [0, 0.1) is 11.7 Å². The number of rotatable bonds is 3. The van der Waals surface area contributed by atoms with Crippen molar-refractivity contribution in [3.63, 3.8) is 0 Å². The summed E-state index contributed by atoms with van der Waals surface area (Å²) in [5.74, 6) is -0.985. The van der Waals surface area contributed by atoms with E-state index in [1.807, 2.05) is 0 Å². The molecule has 134 valence electrons. The first-order valence-electron chi connectivity index (χ1n) is 8.36. The Kier molecular flexibility index (Phi) is 5.42. The fourth-order valence-corrected chi connectivity index (χ4v) is 3.72. The molecule has 0 radical (unpaired) electrons. The van der Waals surface area contributed by atoms with Crippen molar-refractivity contribution in [2.75, 3.05) is 39.4 Å². The minimum atomic E-state index is -4.68. The van der Waals surface area contributed by atoms with Gasteiger partial charge in [0.15, 0.2) is 0 Å². The normalized spacial score (nSPS) is 22.5. The van der Waals surface area contributed by atoms with E-state index in [4.69, 9.17) is 4.74 Å². The quantitative estimate of drug-likeness (QED) is 0.851. The predicted molar refractivity (Wildman–Crippen MR) is 82.1 cm³/mol. The lowest BCUT2D eigenvalue weighted by Crippen LogP contribution is -2.47. The van der Waals surface area contributed by atoms with Crippen molar-refractivity contribution >= 4 is 0 Å². The Balaban J connectivity index is 1.95. The number of hydrogen-bond acceptors (Lipinski definition) is 3. The first-order chi connectivity index (χ1) is 11.5. The molecule has 3 rings (SSSR count). The van der Waals surface area contributed by atoms with Crippen LogP contribution in [0.5, 0.6) is 0 Å². The molecule has 2 aliphatic heterocycles. The van der Waals surface area contributed by atoms with Crippen LogP contribution in [0.2, 0.25) is 0 Å². The lowest BCUT2D eigenvalue weighted by molar-refractivity contribution is -0.140. The van der Waals surface area contributed by atoms with E-state index in [1.165, 1.54) is 6.07 Å². The van der Waals surface area contributed by atoms with Crippen molar-refractivity contribution in [2.24, 2.45) is 5.92 Å². The van der Waals surface area contributed by atoms with Crippen LogP contribution < -0.4 is 5.32 Å². The van der Waals surface area contributed by atoms with E-state index in [2.05, 4.69) is 10.2 Å². The molecular formula is C17H22F4N2O. The molecule has 2 fully saturated rings. The zero-order valence-corrected chi connectivity index (χ0v) is 13.4. The Morgan fingerprint density at radius 2 is 1.79 bits per heavy atom. The highest BCUT2D eigenvalue weighted by Gasteiger charge is 2.37. The zero-order chi connectivity index (χ0) is 17.2. The molecule has 3 nitrogen and oxygen atoms in total. The fraction of sp³-hybridized carbons (Fsp3) is 0.647. The molecule has 0 bridgehead atoms. The number of ether oxygens (including phenoxy) is 1. The average Bonchev–Trinajstić information content (AvgIpc) is 2.57. The van der Waals surface area contributed by atoms with Gasteiger partial charge in [-0.05, 0) is 36.5 Å². The summed E-state index contributed by atoms with van der Waals surface area (Å²) in [5, 5.41) is 3.26. The fourth-order valence-electron chi connectivity index (χ4n) is 3.72. The van der Waals surface area contributed by atoms with Gasteiger partial charge in [-0.2, -0.15) is 13.2 Å². The van der Waals surface area contributed by atoms with E-state index in [-0.39, 0.29) is 12.0 Å². The van der Waals surface area contributed by atoms with E-state index < -0.39 is 17.6 Å². The van der Waals surface area contributed by atoms with Crippen molar-refractivity contribution < 1.29 is 22.3 Å². The molecule has 0 saturated carbocycles. The highest BCUT2D eigenvalue weighted by Crippen LogP contribution is 2.39. The van der Waals surface area contributed by atoms with E-state index in [0.717, 1.165) is 51.2 Å². The smallest absolute Gasteiger partial charge is 0.381 e. The molecular weight excluding hydrogens is 324 g/mol. The van der Waals surface area contributed by atoms with Crippen molar-refractivity contribution in [3.8, 4) is 0 Å². The van der Waals surface area contributed by atoms with E-state index in [0.29, 0.717) is 18.8 Å². The Bertz CT molecular complexity index is 534. The first-order valence-corrected chi connectivity index (χ1v) is 8.36. The summed E-state index contributed by atoms with van der Waals surface area (Å²) >= 11 is 0. The zero-order valence-electron chi connectivity index (χ0n) is 13.4. The molecule has 0 unspecified atom stereocenters. The number of hydrogen-bond donors (Lipinski definition) is 1. The molecule has 0 aliphatic carbocycles. The molecule has 2 aliphatic rings. The second kappa shape index (κ2) is 7.37. The maximum atomic E-state index is 13.6. The second-order valence-corrected chi connectivity index (χ2v) is 6.42. The summed E-state index contributed by atoms with van der Waals surface area (Å²) in [6, 6.07) is 3.33. The Hall–Kier alpha value is -1.18. The maximum absolute atomic E-state index is 13.6. The average molecular weight is 346 g/mol.